The highest BCUT2D eigenvalue weighted by Crippen LogP contribution is 2.36. The van der Waals surface area contributed by atoms with Gasteiger partial charge in [0.1, 0.15) is 5.58 Å². The molecule has 3 aromatic rings. The van der Waals surface area contributed by atoms with Crippen molar-refractivity contribution in [1.82, 2.24) is 0 Å². The number of fused-ring (bicyclic) bond motifs is 2. The summed E-state index contributed by atoms with van der Waals surface area (Å²) in [5.74, 6) is 1.27. The first-order chi connectivity index (χ1) is 11.2. The Morgan fingerprint density at radius 3 is 2.70 bits per heavy atom. The highest BCUT2D eigenvalue weighted by molar-refractivity contribution is 5.84. The smallest absolute Gasteiger partial charge is 0.336 e. The molecule has 0 radical (unpaired) electrons. The van der Waals surface area contributed by atoms with Gasteiger partial charge in [0.25, 0.3) is 0 Å². The lowest BCUT2D eigenvalue weighted by Gasteiger charge is -2.11. The van der Waals surface area contributed by atoms with Crippen molar-refractivity contribution >= 4 is 16.7 Å². The molecule has 0 amide bonds. The molecular weight excluding hydrogens is 294 g/mol. The van der Waals surface area contributed by atoms with Gasteiger partial charge in [-0.2, -0.15) is 0 Å². The molecule has 1 aromatic heterocycles. The quantitative estimate of drug-likeness (QED) is 0.751. The van der Waals surface area contributed by atoms with Crippen molar-refractivity contribution in [2.24, 2.45) is 0 Å². The van der Waals surface area contributed by atoms with Crippen LogP contribution in [0.15, 0.2) is 51.7 Å². The van der Waals surface area contributed by atoms with Gasteiger partial charge in [0.2, 0.25) is 6.79 Å². The van der Waals surface area contributed by atoms with E-state index in [2.05, 4.69) is 5.32 Å². The summed E-state index contributed by atoms with van der Waals surface area (Å²) in [7, 11) is 0. The molecule has 0 unspecified atom stereocenters. The number of nitrogens with one attached hydrogen (secondary N) is 1. The number of hydrogen-bond acceptors (Lipinski definition) is 5. The summed E-state index contributed by atoms with van der Waals surface area (Å²) < 4.78 is 16.0. The molecule has 1 aliphatic heterocycles. The third-order valence-corrected chi connectivity index (χ3v) is 3.94. The second kappa shape index (κ2) is 5.35. The number of anilines is 1. The first-order valence-electron chi connectivity index (χ1n) is 7.36. The second-order valence-corrected chi connectivity index (χ2v) is 5.46. The van der Waals surface area contributed by atoms with E-state index in [1.165, 1.54) is 6.07 Å². The summed E-state index contributed by atoms with van der Waals surface area (Å²) in [6.07, 6.45) is 0. The topological polar surface area (TPSA) is 60.7 Å². The minimum Gasteiger partial charge on any atom is -0.454 e. The molecule has 0 saturated heterocycles. The normalized spacial score (nSPS) is 12.6. The zero-order chi connectivity index (χ0) is 15.8. The van der Waals surface area contributed by atoms with Crippen LogP contribution in [0.2, 0.25) is 0 Å². The van der Waals surface area contributed by atoms with E-state index < -0.39 is 0 Å². The van der Waals surface area contributed by atoms with Crippen LogP contribution in [0.1, 0.15) is 11.1 Å². The Kier molecular flexibility index (Phi) is 3.19. The standard InChI is InChI=1S/C18H15NO4/c1-11-4-2-3-5-14(11)19-9-12-6-18(20)23-15-8-17-16(7-13(12)15)21-10-22-17/h2-8,19H,9-10H2,1H3. The third-order valence-electron chi connectivity index (χ3n) is 3.94. The average Bonchev–Trinajstić information content (AvgIpc) is 2.99. The van der Waals surface area contributed by atoms with E-state index in [0.717, 1.165) is 22.2 Å². The van der Waals surface area contributed by atoms with E-state index in [9.17, 15) is 4.79 Å². The summed E-state index contributed by atoms with van der Waals surface area (Å²) in [5, 5.41) is 4.21. The fourth-order valence-corrected chi connectivity index (χ4v) is 2.72. The SMILES string of the molecule is Cc1ccccc1NCc1cc(=O)oc2cc3c(cc12)OCO3. The Hall–Kier alpha value is -2.95. The van der Waals surface area contributed by atoms with Crippen LogP contribution in [0, 0.1) is 6.92 Å². The number of aryl methyl sites for hydroxylation is 1. The second-order valence-electron chi connectivity index (χ2n) is 5.46. The van der Waals surface area contributed by atoms with Gasteiger partial charge in [0, 0.05) is 29.8 Å². The number of rotatable bonds is 3. The Balaban J connectivity index is 1.74. The molecule has 0 fully saturated rings. The highest BCUT2D eigenvalue weighted by Gasteiger charge is 2.17. The molecule has 0 aliphatic carbocycles. The molecule has 2 heterocycles. The average molecular weight is 309 g/mol. The van der Waals surface area contributed by atoms with E-state index in [-0.39, 0.29) is 12.4 Å². The van der Waals surface area contributed by atoms with E-state index in [0.29, 0.717) is 23.6 Å². The lowest BCUT2D eigenvalue weighted by atomic mass is 10.1. The predicted molar refractivity (Wildman–Crippen MR) is 87.1 cm³/mol. The first-order valence-corrected chi connectivity index (χ1v) is 7.36. The highest BCUT2D eigenvalue weighted by atomic mass is 16.7. The predicted octanol–water partition coefficient (Wildman–Crippen LogP) is 3.44. The maximum Gasteiger partial charge on any atom is 0.336 e. The van der Waals surface area contributed by atoms with Crippen molar-refractivity contribution in [3.05, 3.63) is 64.0 Å². The van der Waals surface area contributed by atoms with Crippen molar-refractivity contribution in [2.75, 3.05) is 12.1 Å². The summed E-state index contributed by atoms with van der Waals surface area (Å²) in [6.45, 7) is 2.75. The molecule has 5 heteroatoms. The fraction of sp³-hybridized carbons (Fsp3) is 0.167. The molecule has 5 nitrogen and oxygen atoms in total. The van der Waals surface area contributed by atoms with E-state index >= 15 is 0 Å². The summed E-state index contributed by atoms with van der Waals surface area (Å²) in [4.78, 5) is 11.8. The minimum atomic E-state index is -0.377. The largest absolute Gasteiger partial charge is 0.454 e. The maximum atomic E-state index is 11.8. The van der Waals surface area contributed by atoms with Gasteiger partial charge < -0.3 is 19.2 Å². The number of para-hydroxylation sites is 1. The summed E-state index contributed by atoms with van der Waals surface area (Å²) in [5.41, 5.74) is 3.17. The molecule has 0 atom stereocenters. The van der Waals surface area contributed by atoms with Crippen molar-refractivity contribution in [1.29, 1.82) is 0 Å². The van der Waals surface area contributed by atoms with Crippen molar-refractivity contribution in [3.8, 4) is 11.5 Å². The Morgan fingerprint density at radius 1 is 1.09 bits per heavy atom. The molecule has 0 saturated carbocycles. The van der Waals surface area contributed by atoms with Gasteiger partial charge in [0.05, 0.1) is 0 Å². The van der Waals surface area contributed by atoms with Crippen LogP contribution in [0.5, 0.6) is 11.5 Å². The molecule has 0 spiro atoms. The van der Waals surface area contributed by atoms with Gasteiger partial charge in [-0.15, -0.1) is 0 Å². The molecular formula is C18H15NO4. The first kappa shape index (κ1) is 13.7. The van der Waals surface area contributed by atoms with E-state index in [4.69, 9.17) is 13.9 Å². The van der Waals surface area contributed by atoms with Crippen LogP contribution in [0.25, 0.3) is 11.0 Å². The lowest BCUT2D eigenvalue weighted by molar-refractivity contribution is 0.174. The van der Waals surface area contributed by atoms with E-state index in [1.807, 2.05) is 37.3 Å². The van der Waals surface area contributed by atoms with Crippen LogP contribution >= 0.6 is 0 Å². The molecule has 1 aliphatic rings. The van der Waals surface area contributed by atoms with Gasteiger partial charge in [-0.05, 0) is 30.2 Å². The fourth-order valence-electron chi connectivity index (χ4n) is 2.72. The van der Waals surface area contributed by atoms with Gasteiger partial charge in [-0.3, -0.25) is 0 Å². The van der Waals surface area contributed by atoms with Gasteiger partial charge in [0.15, 0.2) is 11.5 Å². The minimum absolute atomic E-state index is 0.187. The number of hydrogen-bond donors (Lipinski definition) is 1. The van der Waals surface area contributed by atoms with E-state index in [1.54, 1.807) is 6.07 Å². The lowest BCUT2D eigenvalue weighted by Crippen LogP contribution is -2.06. The summed E-state index contributed by atoms with van der Waals surface area (Å²) in [6, 6.07) is 13.1. The van der Waals surface area contributed by atoms with Crippen LogP contribution in [0.3, 0.4) is 0 Å². The van der Waals surface area contributed by atoms with Crippen molar-refractivity contribution < 1.29 is 13.9 Å². The Bertz CT molecular complexity index is 945. The Labute approximate surface area is 132 Å². The van der Waals surface area contributed by atoms with Crippen molar-refractivity contribution in [2.45, 2.75) is 13.5 Å². The molecule has 4 rings (SSSR count). The molecule has 23 heavy (non-hydrogen) atoms. The van der Waals surface area contributed by atoms with Gasteiger partial charge >= 0.3 is 5.63 Å². The zero-order valence-corrected chi connectivity index (χ0v) is 12.6. The Morgan fingerprint density at radius 2 is 1.87 bits per heavy atom. The maximum absolute atomic E-state index is 11.8. The van der Waals surface area contributed by atoms with Crippen molar-refractivity contribution in [3.63, 3.8) is 0 Å². The monoisotopic (exact) mass is 309 g/mol. The molecule has 1 N–H and O–H groups in total. The molecule has 0 bridgehead atoms. The van der Waals surface area contributed by atoms with Crippen LogP contribution in [-0.4, -0.2) is 6.79 Å². The van der Waals surface area contributed by atoms with Crippen LogP contribution < -0.4 is 20.4 Å². The number of benzene rings is 2. The van der Waals surface area contributed by atoms with Crippen LogP contribution in [-0.2, 0) is 6.54 Å². The third kappa shape index (κ3) is 2.50. The van der Waals surface area contributed by atoms with Gasteiger partial charge in [-0.1, -0.05) is 18.2 Å². The zero-order valence-electron chi connectivity index (χ0n) is 12.6. The van der Waals surface area contributed by atoms with Gasteiger partial charge in [-0.25, -0.2) is 4.79 Å². The molecule has 2 aromatic carbocycles. The molecule has 116 valence electrons. The van der Waals surface area contributed by atoms with Crippen LogP contribution in [0.4, 0.5) is 5.69 Å². The number of ether oxygens (including phenoxy) is 2. The summed E-state index contributed by atoms with van der Waals surface area (Å²) >= 11 is 0.